The van der Waals surface area contributed by atoms with Crippen molar-refractivity contribution in [2.75, 3.05) is 0 Å². The van der Waals surface area contributed by atoms with E-state index in [1.54, 1.807) is 17.7 Å². The monoisotopic (exact) mass is 400 g/mol. The molecule has 0 fully saturated rings. The Morgan fingerprint density at radius 1 is 0.966 bits per heavy atom. The van der Waals surface area contributed by atoms with Crippen LogP contribution in [0.25, 0.3) is 11.1 Å². The van der Waals surface area contributed by atoms with E-state index in [4.69, 9.17) is 0 Å². The molecule has 1 unspecified atom stereocenters. The van der Waals surface area contributed by atoms with Gasteiger partial charge in [0.25, 0.3) is 0 Å². The van der Waals surface area contributed by atoms with Gasteiger partial charge in [0, 0.05) is 0 Å². The van der Waals surface area contributed by atoms with Crippen LogP contribution in [0.2, 0.25) is 0 Å². The molecule has 1 aliphatic rings. The molecule has 0 N–H and O–H groups in total. The van der Waals surface area contributed by atoms with Crippen LogP contribution in [-0.2, 0) is 0 Å². The number of rotatable bonds is 8. The largest absolute Gasteiger partial charge is 0.573 e. The van der Waals surface area contributed by atoms with Gasteiger partial charge in [0.05, 0.1) is 0 Å². The van der Waals surface area contributed by atoms with Crippen LogP contribution in [0.1, 0.15) is 56.4 Å². The third kappa shape index (κ3) is 6.52. The predicted octanol–water partition coefficient (Wildman–Crippen LogP) is 8.19. The Balaban J connectivity index is 1.56. The number of halogens is 3. The average Bonchev–Trinajstić information content (AvgIpc) is 2.71. The molecule has 0 heterocycles. The molecular weight excluding hydrogens is 373 g/mol. The summed E-state index contributed by atoms with van der Waals surface area (Å²) < 4.78 is 40.7. The molecule has 0 spiro atoms. The minimum absolute atomic E-state index is 0.202. The fraction of sp³-hybridized carbons (Fsp3) is 0.360. The second kappa shape index (κ2) is 9.82. The molecule has 1 atom stereocenters. The minimum Gasteiger partial charge on any atom is -0.406 e. The van der Waals surface area contributed by atoms with Crippen molar-refractivity contribution in [2.45, 2.75) is 57.2 Å². The molecular formula is C25H27F3O. The van der Waals surface area contributed by atoms with Crippen LogP contribution in [0.3, 0.4) is 0 Å². The highest BCUT2D eigenvalue weighted by Crippen LogP contribution is 2.35. The fourth-order valence-electron chi connectivity index (χ4n) is 3.86. The van der Waals surface area contributed by atoms with Crippen LogP contribution in [0.5, 0.6) is 5.75 Å². The zero-order chi connectivity index (χ0) is 20.7. The zero-order valence-corrected chi connectivity index (χ0v) is 16.5. The predicted molar refractivity (Wildman–Crippen MR) is 112 cm³/mol. The van der Waals surface area contributed by atoms with E-state index in [1.807, 2.05) is 18.2 Å². The van der Waals surface area contributed by atoms with Gasteiger partial charge in [-0.25, -0.2) is 0 Å². The van der Waals surface area contributed by atoms with Crippen molar-refractivity contribution in [1.29, 1.82) is 0 Å². The van der Waals surface area contributed by atoms with Crippen LogP contribution >= 0.6 is 0 Å². The van der Waals surface area contributed by atoms with Gasteiger partial charge in [0.1, 0.15) is 5.75 Å². The highest BCUT2D eigenvalue weighted by atomic mass is 19.4. The summed E-state index contributed by atoms with van der Waals surface area (Å²) in [6.07, 6.45) is 7.92. The SMILES string of the molecule is C=CCCCCC1=CCC(c2ccc(-c3ccc(OC(F)(F)F)cc3)cc2)CC1. The number of hydrogen-bond acceptors (Lipinski definition) is 1. The van der Waals surface area contributed by atoms with Gasteiger partial charge in [-0.15, -0.1) is 19.8 Å². The van der Waals surface area contributed by atoms with Crippen molar-refractivity contribution >= 4 is 0 Å². The van der Waals surface area contributed by atoms with E-state index in [9.17, 15) is 13.2 Å². The Hall–Kier alpha value is -2.49. The smallest absolute Gasteiger partial charge is 0.406 e. The van der Waals surface area contributed by atoms with E-state index in [0.29, 0.717) is 5.92 Å². The molecule has 0 radical (unpaired) electrons. The normalized spacial score (nSPS) is 16.9. The lowest BCUT2D eigenvalue weighted by Crippen LogP contribution is -2.16. The molecule has 154 valence electrons. The third-order valence-electron chi connectivity index (χ3n) is 5.46. The van der Waals surface area contributed by atoms with E-state index in [0.717, 1.165) is 24.0 Å². The molecule has 0 bridgehead atoms. The first-order chi connectivity index (χ1) is 13.9. The third-order valence-corrected chi connectivity index (χ3v) is 5.46. The van der Waals surface area contributed by atoms with Crippen LogP contribution in [0.15, 0.2) is 72.8 Å². The van der Waals surface area contributed by atoms with Crippen LogP contribution in [-0.4, -0.2) is 6.36 Å². The van der Waals surface area contributed by atoms with Gasteiger partial charge in [0.15, 0.2) is 0 Å². The zero-order valence-electron chi connectivity index (χ0n) is 16.5. The fourth-order valence-corrected chi connectivity index (χ4v) is 3.86. The summed E-state index contributed by atoms with van der Waals surface area (Å²) >= 11 is 0. The first kappa shape index (κ1) is 21.2. The highest BCUT2D eigenvalue weighted by molar-refractivity contribution is 5.64. The highest BCUT2D eigenvalue weighted by Gasteiger charge is 2.30. The van der Waals surface area contributed by atoms with E-state index in [-0.39, 0.29) is 5.75 Å². The van der Waals surface area contributed by atoms with Gasteiger partial charge < -0.3 is 4.74 Å². The Labute approximate surface area is 170 Å². The van der Waals surface area contributed by atoms with Crippen molar-refractivity contribution < 1.29 is 17.9 Å². The van der Waals surface area contributed by atoms with E-state index in [2.05, 4.69) is 29.5 Å². The second-order valence-corrected chi connectivity index (χ2v) is 7.56. The summed E-state index contributed by atoms with van der Waals surface area (Å²) in [6, 6.07) is 14.4. The maximum absolute atomic E-state index is 12.3. The molecule has 29 heavy (non-hydrogen) atoms. The van der Waals surface area contributed by atoms with Gasteiger partial charge in [-0.2, -0.15) is 0 Å². The van der Waals surface area contributed by atoms with E-state index < -0.39 is 6.36 Å². The van der Waals surface area contributed by atoms with Crippen LogP contribution in [0.4, 0.5) is 13.2 Å². The summed E-state index contributed by atoms with van der Waals surface area (Å²) in [5.74, 6) is 0.343. The Morgan fingerprint density at radius 2 is 1.62 bits per heavy atom. The number of alkyl halides is 3. The summed E-state index contributed by atoms with van der Waals surface area (Å²) in [5.41, 5.74) is 4.77. The summed E-state index contributed by atoms with van der Waals surface area (Å²) in [4.78, 5) is 0. The van der Waals surface area contributed by atoms with Crippen molar-refractivity contribution in [1.82, 2.24) is 0 Å². The van der Waals surface area contributed by atoms with Crippen molar-refractivity contribution in [3.8, 4) is 16.9 Å². The maximum Gasteiger partial charge on any atom is 0.573 e. The molecule has 0 aliphatic heterocycles. The number of ether oxygens (including phenoxy) is 1. The van der Waals surface area contributed by atoms with Crippen molar-refractivity contribution in [3.05, 3.63) is 78.4 Å². The Kier molecular flexibility index (Phi) is 7.18. The first-order valence-corrected chi connectivity index (χ1v) is 10.2. The quantitative estimate of drug-likeness (QED) is 0.320. The molecule has 3 rings (SSSR count). The van der Waals surface area contributed by atoms with Gasteiger partial charge in [0.2, 0.25) is 0 Å². The lowest BCUT2D eigenvalue weighted by Gasteiger charge is -2.22. The molecule has 2 aromatic carbocycles. The Morgan fingerprint density at radius 3 is 2.17 bits per heavy atom. The lowest BCUT2D eigenvalue weighted by molar-refractivity contribution is -0.274. The minimum atomic E-state index is -4.66. The first-order valence-electron chi connectivity index (χ1n) is 10.2. The lowest BCUT2D eigenvalue weighted by atomic mass is 9.83. The maximum atomic E-state index is 12.3. The van der Waals surface area contributed by atoms with Gasteiger partial charge in [-0.1, -0.05) is 54.1 Å². The molecule has 0 amide bonds. The Bertz CT molecular complexity index is 817. The molecule has 4 heteroatoms. The van der Waals surface area contributed by atoms with E-state index >= 15 is 0 Å². The molecule has 0 saturated carbocycles. The molecule has 1 nitrogen and oxygen atoms in total. The number of hydrogen-bond donors (Lipinski definition) is 0. The van der Waals surface area contributed by atoms with Crippen LogP contribution in [0, 0.1) is 0 Å². The number of allylic oxidation sites excluding steroid dienone is 3. The standard InChI is InChI=1S/C25H27F3O/c1-2-3-4-5-6-19-7-9-20(10-8-19)21-11-13-22(14-12-21)23-15-17-24(18-16-23)29-25(26,27)28/h2,7,11-18,20H,1,3-6,8-10H2. The summed E-state index contributed by atoms with van der Waals surface area (Å²) in [6.45, 7) is 3.77. The van der Waals surface area contributed by atoms with Gasteiger partial charge in [-0.05, 0) is 79.7 Å². The summed E-state index contributed by atoms with van der Waals surface area (Å²) in [7, 11) is 0. The number of unbranched alkanes of at least 4 members (excludes halogenated alkanes) is 2. The molecule has 1 aliphatic carbocycles. The summed E-state index contributed by atoms with van der Waals surface area (Å²) in [5, 5.41) is 0. The molecule has 0 aromatic heterocycles. The molecule has 2 aromatic rings. The number of benzene rings is 2. The van der Waals surface area contributed by atoms with Crippen molar-refractivity contribution in [2.24, 2.45) is 0 Å². The second-order valence-electron chi connectivity index (χ2n) is 7.56. The molecule has 0 saturated heterocycles. The van der Waals surface area contributed by atoms with Gasteiger partial charge >= 0.3 is 6.36 Å². The average molecular weight is 400 g/mol. The van der Waals surface area contributed by atoms with E-state index in [1.165, 1.54) is 49.8 Å². The van der Waals surface area contributed by atoms with Crippen LogP contribution < -0.4 is 4.74 Å². The van der Waals surface area contributed by atoms with Gasteiger partial charge in [-0.3, -0.25) is 0 Å². The van der Waals surface area contributed by atoms with Crippen molar-refractivity contribution in [3.63, 3.8) is 0 Å². The topological polar surface area (TPSA) is 9.23 Å².